The van der Waals surface area contributed by atoms with Crippen molar-refractivity contribution in [3.63, 3.8) is 0 Å². The highest BCUT2D eigenvalue weighted by Crippen LogP contribution is 2.46. The quantitative estimate of drug-likeness (QED) is 0.504. The summed E-state index contributed by atoms with van der Waals surface area (Å²) < 4.78 is 33.9. The second-order valence-corrected chi connectivity index (χ2v) is 7.92. The summed E-state index contributed by atoms with van der Waals surface area (Å²) in [6.45, 7) is 0. The fraction of sp³-hybridized carbons (Fsp3) is 0.333. The molecule has 3 aromatic rings. The number of methoxy groups -OCH3 is 6. The number of ether oxygens (including phenoxy) is 6. The first kappa shape index (κ1) is 22.6. The van der Waals surface area contributed by atoms with E-state index in [1.807, 2.05) is 24.3 Å². The zero-order chi connectivity index (χ0) is 23.5. The van der Waals surface area contributed by atoms with E-state index in [-0.39, 0.29) is 5.92 Å². The number of hydrogen-bond acceptors (Lipinski definition) is 6. The van der Waals surface area contributed by atoms with Crippen LogP contribution in [-0.4, -0.2) is 42.7 Å². The lowest BCUT2D eigenvalue weighted by atomic mass is 9.84. The molecule has 0 aliphatic heterocycles. The summed E-state index contributed by atoms with van der Waals surface area (Å²) in [6.07, 6.45) is 1.43. The molecule has 1 aliphatic rings. The summed E-state index contributed by atoms with van der Waals surface area (Å²) in [4.78, 5) is 0. The van der Waals surface area contributed by atoms with Crippen molar-refractivity contribution in [2.75, 3.05) is 42.7 Å². The maximum atomic E-state index is 5.87. The summed E-state index contributed by atoms with van der Waals surface area (Å²) >= 11 is 0. The molecule has 33 heavy (non-hydrogen) atoms. The van der Waals surface area contributed by atoms with Crippen LogP contribution in [0, 0.1) is 0 Å². The van der Waals surface area contributed by atoms with E-state index in [0.29, 0.717) is 17.9 Å². The Morgan fingerprint density at radius 1 is 0.576 bits per heavy atom. The summed E-state index contributed by atoms with van der Waals surface area (Å²) in [7, 11) is 10.0. The molecule has 0 spiro atoms. The van der Waals surface area contributed by atoms with Crippen molar-refractivity contribution in [2.45, 2.75) is 18.8 Å². The molecule has 0 bridgehead atoms. The van der Waals surface area contributed by atoms with Crippen molar-refractivity contribution in [3.05, 3.63) is 70.3 Å². The van der Waals surface area contributed by atoms with Gasteiger partial charge in [0.15, 0.2) is 11.5 Å². The molecule has 4 rings (SSSR count). The molecule has 0 N–H and O–H groups in total. The molecule has 6 nitrogen and oxygen atoms in total. The van der Waals surface area contributed by atoms with Crippen LogP contribution in [-0.2, 0) is 12.8 Å². The van der Waals surface area contributed by atoms with E-state index >= 15 is 0 Å². The molecule has 6 heteroatoms. The lowest BCUT2D eigenvalue weighted by Gasteiger charge is -2.23. The zero-order valence-corrected chi connectivity index (χ0v) is 20.0. The molecule has 0 radical (unpaired) electrons. The summed E-state index contributed by atoms with van der Waals surface area (Å²) in [5, 5.41) is 0. The van der Waals surface area contributed by atoms with Crippen LogP contribution in [0.4, 0.5) is 0 Å². The van der Waals surface area contributed by atoms with Crippen LogP contribution in [0.15, 0.2) is 42.5 Å². The number of fused-ring (bicyclic) bond motifs is 2. The van der Waals surface area contributed by atoms with E-state index in [4.69, 9.17) is 28.4 Å². The summed E-state index contributed by atoms with van der Waals surface area (Å²) in [5.74, 6) is 4.53. The van der Waals surface area contributed by atoms with Gasteiger partial charge in [-0.15, -0.1) is 0 Å². The summed E-state index contributed by atoms with van der Waals surface area (Å²) in [6, 6.07) is 14.1. The second kappa shape index (κ2) is 9.53. The minimum Gasteiger partial charge on any atom is -0.497 e. The first-order chi connectivity index (χ1) is 16.1. The maximum Gasteiger partial charge on any atom is 0.161 e. The first-order valence-corrected chi connectivity index (χ1v) is 10.8. The Labute approximate surface area is 195 Å². The smallest absolute Gasteiger partial charge is 0.161 e. The molecule has 1 aliphatic carbocycles. The maximum absolute atomic E-state index is 5.87. The van der Waals surface area contributed by atoms with Crippen LogP contribution in [0.25, 0.3) is 0 Å². The molecular formula is C27H30O6. The third kappa shape index (κ3) is 4.13. The molecule has 1 atom stereocenters. The molecule has 0 heterocycles. The topological polar surface area (TPSA) is 55.4 Å². The van der Waals surface area contributed by atoms with E-state index < -0.39 is 0 Å². The Balaban J connectivity index is 1.99. The van der Waals surface area contributed by atoms with Gasteiger partial charge in [-0.2, -0.15) is 0 Å². The van der Waals surface area contributed by atoms with Crippen molar-refractivity contribution in [2.24, 2.45) is 0 Å². The normalized spacial score (nSPS) is 14.4. The van der Waals surface area contributed by atoms with Crippen LogP contribution in [0.3, 0.4) is 0 Å². The van der Waals surface area contributed by atoms with Gasteiger partial charge in [0.05, 0.1) is 42.7 Å². The highest BCUT2D eigenvalue weighted by Gasteiger charge is 2.30. The molecule has 0 fully saturated rings. The minimum absolute atomic E-state index is 0.0127. The van der Waals surface area contributed by atoms with E-state index in [1.165, 1.54) is 5.56 Å². The van der Waals surface area contributed by atoms with E-state index in [9.17, 15) is 0 Å². The molecule has 1 unspecified atom stereocenters. The highest BCUT2D eigenvalue weighted by atomic mass is 16.5. The number of hydrogen-bond donors (Lipinski definition) is 0. The third-order valence-corrected chi connectivity index (χ3v) is 6.34. The van der Waals surface area contributed by atoms with Crippen molar-refractivity contribution in [1.29, 1.82) is 0 Å². The lowest BCUT2D eigenvalue weighted by Crippen LogP contribution is -2.09. The van der Waals surface area contributed by atoms with Crippen molar-refractivity contribution in [3.8, 4) is 34.5 Å². The van der Waals surface area contributed by atoms with Gasteiger partial charge in [0.1, 0.15) is 23.0 Å². The Bertz CT molecular complexity index is 1150. The first-order valence-electron chi connectivity index (χ1n) is 10.8. The molecule has 174 valence electrons. The lowest BCUT2D eigenvalue weighted by molar-refractivity contribution is 0.354. The van der Waals surface area contributed by atoms with Crippen molar-refractivity contribution >= 4 is 0 Å². The molecule has 0 amide bonds. The van der Waals surface area contributed by atoms with Gasteiger partial charge in [0.2, 0.25) is 0 Å². The predicted molar refractivity (Wildman–Crippen MR) is 127 cm³/mol. The third-order valence-electron chi connectivity index (χ3n) is 6.34. The predicted octanol–water partition coefficient (Wildman–Crippen LogP) is 5.02. The monoisotopic (exact) mass is 450 g/mol. The minimum atomic E-state index is 0.0127. The fourth-order valence-electron chi connectivity index (χ4n) is 4.71. The van der Waals surface area contributed by atoms with Gasteiger partial charge < -0.3 is 28.4 Å². The van der Waals surface area contributed by atoms with E-state index in [2.05, 4.69) is 18.2 Å². The van der Waals surface area contributed by atoms with Crippen LogP contribution in [0.2, 0.25) is 0 Å². The molecule has 3 aromatic carbocycles. The Hall–Kier alpha value is -3.54. The Morgan fingerprint density at radius 2 is 1.18 bits per heavy atom. The van der Waals surface area contributed by atoms with Gasteiger partial charge in [-0.05, 0) is 47.4 Å². The highest BCUT2D eigenvalue weighted by molar-refractivity contribution is 5.60. The van der Waals surface area contributed by atoms with E-state index in [0.717, 1.165) is 51.7 Å². The number of rotatable bonds is 7. The van der Waals surface area contributed by atoms with Gasteiger partial charge in [-0.25, -0.2) is 0 Å². The largest absolute Gasteiger partial charge is 0.497 e. The number of benzene rings is 3. The van der Waals surface area contributed by atoms with Crippen LogP contribution < -0.4 is 28.4 Å². The van der Waals surface area contributed by atoms with Crippen molar-refractivity contribution in [1.82, 2.24) is 0 Å². The standard InChI is InChI=1S/C27H30O6/c1-28-19-9-17-11-22(16-7-8-23(30-3)25(13-16)32-5)27-18(12-21(17)24(14-19)31-4)10-20(29-2)15-26(27)33-6/h7-10,13-15,22H,11-12H2,1-6H3. The van der Waals surface area contributed by atoms with Crippen molar-refractivity contribution < 1.29 is 28.4 Å². The van der Waals surface area contributed by atoms with Gasteiger partial charge in [0.25, 0.3) is 0 Å². The van der Waals surface area contributed by atoms with Crippen LogP contribution in [0.5, 0.6) is 34.5 Å². The molecule has 0 saturated carbocycles. The molecule has 0 saturated heterocycles. The second-order valence-electron chi connectivity index (χ2n) is 7.92. The molecular weight excluding hydrogens is 420 g/mol. The average Bonchev–Trinajstić information content (AvgIpc) is 3.03. The van der Waals surface area contributed by atoms with Gasteiger partial charge in [-0.1, -0.05) is 6.07 Å². The molecule has 0 aromatic heterocycles. The van der Waals surface area contributed by atoms with Gasteiger partial charge >= 0.3 is 0 Å². The average molecular weight is 451 g/mol. The zero-order valence-electron chi connectivity index (χ0n) is 20.0. The SMILES string of the molecule is COc1cc2c(c(OC)c1)Cc1cc(OC)cc(OC)c1C(c1ccc(OC)c(OC)c1)C2. The van der Waals surface area contributed by atoms with Crippen LogP contribution >= 0.6 is 0 Å². The Kier molecular flexibility index (Phi) is 6.54. The van der Waals surface area contributed by atoms with Crippen LogP contribution in [0.1, 0.15) is 33.7 Å². The summed E-state index contributed by atoms with van der Waals surface area (Å²) in [5.41, 5.74) is 5.67. The fourth-order valence-corrected chi connectivity index (χ4v) is 4.71. The van der Waals surface area contributed by atoms with E-state index in [1.54, 1.807) is 42.7 Å². The van der Waals surface area contributed by atoms with Gasteiger partial charge in [-0.3, -0.25) is 0 Å². The van der Waals surface area contributed by atoms with Gasteiger partial charge in [0, 0.05) is 35.6 Å². The Morgan fingerprint density at radius 3 is 1.79 bits per heavy atom.